The molecule has 18 heavy (non-hydrogen) atoms. The highest BCUT2D eigenvalue weighted by molar-refractivity contribution is 6.41. The molecule has 6 heteroatoms. The Labute approximate surface area is 117 Å². The molecule has 2 N–H and O–H groups in total. The zero-order valence-electron chi connectivity index (χ0n) is 10.8. The number of hydrogen-bond acceptors (Lipinski definition) is 1. The third-order valence-electron chi connectivity index (χ3n) is 3.31. The fraction of sp³-hybridized carbons (Fsp3) is 0.583. The maximum absolute atomic E-state index is 6.02. The van der Waals surface area contributed by atoms with Crippen molar-refractivity contribution in [1.82, 2.24) is 15.2 Å². The number of hydrogen-bond donors (Lipinski definition) is 2. The van der Waals surface area contributed by atoms with E-state index in [0.717, 1.165) is 17.6 Å². The third kappa shape index (κ3) is 2.93. The number of rotatable bonds is 3. The van der Waals surface area contributed by atoms with E-state index in [4.69, 9.17) is 23.2 Å². The molecule has 1 aromatic rings. The SMILES string of the molecule is CN=C(NCc1cc(Cl)c(Cl)n1C)NC1CC1C. The molecule has 4 nitrogen and oxygen atoms in total. The van der Waals surface area contributed by atoms with Crippen LogP contribution in [0.1, 0.15) is 19.0 Å². The maximum atomic E-state index is 6.02. The fourth-order valence-electron chi connectivity index (χ4n) is 1.83. The molecular formula is C12H18Cl2N4. The summed E-state index contributed by atoms with van der Waals surface area (Å²) in [6, 6.07) is 2.42. The Kier molecular flexibility index (Phi) is 4.07. The Morgan fingerprint density at radius 3 is 2.67 bits per heavy atom. The molecule has 0 amide bonds. The smallest absolute Gasteiger partial charge is 0.191 e. The van der Waals surface area contributed by atoms with Crippen molar-refractivity contribution in [2.24, 2.45) is 18.0 Å². The fourth-order valence-corrected chi connectivity index (χ4v) is 2.24. The molecule has 2 atom stereocenters. The van der Waals surface area contributed by atoms with E-state index in [9.17, 15) is 0 Å². The summed E-state index contributed by atoms with van der Waals surface area (Å²) >= 11 is 12.0. The molecule has 0 saturated heterocycles. The molecule has 2 unspecified atom stereocenters. The first-order chi connectivity index (χ1) is 8.52. The van der Waals surface area contributed by atoms with Gasteiger partial charge in [0.2, 0.25) is 0 Å². The van der Waals surface area contributed by atoms with E-state index in [1.54, 1.807) is 7.05 Å². The van der Waals surface area contributed by atoms with Crippen molar-refractivity contribution in [3.63, 3.8) is 0 Å². The second-order valence-electron chi connectivity index (χ2n) is 4.72. The van der Waals surface area contributed by atoms with Crippen LogP contribution in [0.3, 0.4) is 0 Å². The molecule has 1 aromatic heterocycles. The lowest BCUT2D eigenvalue weighted by molar-refractivity contribution is 0.733. The van der Waals surface area contributed by atoms with Gasteiger partial charge in [-0.05, 0) is 18.4 Å². The van der Waals surface area contributed by atoms with Crippen molar-refractivity contribution < 1.29 is 0 Å². The first kappa shape index (κ1) is 13.6. The quantitative estimate of drug-likeness (QED) is 0.663. The second-order valence-corrected chi connectivity index (χ2v) is 5.49. The van der Waals surface area contributed by atoms with E-state index in [2.05, 4.69) is 22.5 Å². The van der Waals surface area contributed by atoms with Crippen LogP contribution in [0.4, 0.5) is 0 Å². The number of halogens is 2. The lowest BCUT2D eigenvalue weighted by Gasteiger charge is -2.12. The predicted octanol–water partition coefficient (Wildman–Crippen LogP) is 2.41. The van der Waals surface area contributed by atoms with E-state index in [0.29, 0.717) is 22.8 Å². The molecular weight excluding hydrogens is 271 g/mol. The number of nitrogens with zero attached hydrogens (tertiary/aromatic N) is 2. The van der Waals surface area contributed by atoms with Crippen LogP contribution in [0.2, 0.25) is 10.2 Å². The summed E-state index contributed by atoms with van der Waals surface area (Å²) in [5.41, 5.74) is 1.02. The lowest BCUT2D eigenvalue weighted by Crippen LogP contribution is -2.38. The zero-order chi connectivity index (χ0) is 13.3. The molecule has 0 bridgehead atoms. The minimum absolute atomic E-state index is 0.553. The van der Waals surface area contributed by atoms with Crippen molar-refractivity contribution in [3.8, 4) is 0 Å². The van der Waals surface area contributed by atoms with Crippen molar-refractivity contribution in [2.75, 3.05) is 7.05 Å². The Morgan fingerprint density at radius 2 is 2.22 bits per heavy atom. The van der Waals surface area contributed by atoms with Crippen LogP contribution in [-0.2, 0) is 13.6 Å². The summed E-state index contributed by atoms with van der Waals surface area (Å²) in [5, 5.41) is 7.77. The molecule has 0 radical (unpaired) electrons. The van der Waals surface area contributed by atoms with Gasteiger partial charge in [0.25, 0.3) is 0 Å². The van der Waals surface area contributed by atoms with Gasteiger partial charge in [-0.3, -0.25) is 4.99 Å². The third-order valence-corrected chi connectivity index (χ3v) is 4.15. The summed E-state index contributed by atoms with van der Waals surface area (Å²) in [6.07, 6.45) is 1.21. The highest BCUT2D eigenvalue weighted by Gasteiger charge is 2.33. The van der Waals surface area contributed by atoms with E-state index in [-0.39, 0.29) is 0 Å². The van der Waals surface area contributed by atoms with Crippen LogP contribution >= 0.6 is 23.2 Å². The molecule has 1 aliphatic carbocycles. The predicted molar refractivity (Wildman–Crippen MR) is 76.3 cm³/mol. The molecule has 1 fully saturated rings. The average Bonchev–Trinajstić information content (AvgIpc) is 2.99. The summed E-state index contributed by atoms with van der Waals surface area (Å²) in [6.45, 7) is 2.87. The first-order valence-electron chi connectivity index (χ1n) is 5.99. The molecule has 100 valence electrons. The topological polar surface area (TPSA) is 41.4 Å². The normalized spacial score (nSPS) is 23.1. The largest absolute Gasteiger partial charge is 0.353 e. The van der Waals surface area contributed by atoms with Crippen LogP contribution in [0.15, 0.2) is 11.1 Å². The van der Waals surface area contributed by atoms with Crippen molar-refractivity contribution in [2.45, 2.75) is 25.9 Å². The van der Waals surface area contributed by atoms with Crippen LogP contribution in [0.25, 0.3) is 0 Å². The molecule has 0 aromatic carbocycles. The van der Waals surface area contributed by atoms with Gasteiger partial charge in [0.15, 0.2) is 5.96 Å². The monoisotopic (exact) mass is 288 g/mol. The Balaban J connectivity index is 1.91. The zero-order valence-corrected chi connectivity index (χ0v) is 12.3. The van der Waals surface area contributed by atoms with Crippen molar-refractivity contribution in [3.05, 3.63) is 21.9 Å². The van der Waals surface area contributed by atoms with Gasteiger partial charge in [0.1, 0.15) is 5.15 Å². The van der Waals surface area contributed by atoms with Gasteiger partial charge in [0, 0.05) is 25.8 Å². The van der Waals surface area contributed by atoms with Gasteiger partial charge in [-0.2, -0.15) is 0 Å². The minimum atomic E-state index is 0.553. The van der Waals surface area contributed by atoms with Gasteiger partial charge in [-0.15, -0.1) is 0 Å². The Hall–Kier alpha value is -0.870. The van der Waals surface area contributed by atoms with Crippen molar-refractivity contribution in [1.29, 1.82) is 0 Å². The summed E-state index contributed by atoms with van der Waals surface area (Å²) in [5.74, 6) is 1.56. The maximum Gasteiger partial charge on any atom is 0.191 e. The Morgan fingerprint density at radius 1 is 1.56 bits per heavy atom. The number of aromatic nitrogens is 1. The highest BCUT2D eigenvalue weighted by atomic mass is 35.5. The number of guanidine groups is 1. The van der Waals surface area contributed by atoms with Crippen LogP contribution in [0, 0.1) is 5.92 Å². The number of aliphatic imine (C=N–C) groups is 1. The second kappa shape index (κ2) is 5.41. The van der Waals surface area contributed by atoms with E-state index >= 15 is 0 Å². The number of nitrogens with one attached hydrogen (secondary N) is 2. The van der Waals surface area contributed by atoms with Gasteiger partial charge < -0.3 is 15.2 Å². The van der Waals surface area contributed by atoms with Gasteiger partial charge in [-0.1, -0.05) is 30.1 Å². The Bertz CT molecular complexity index is 467. The van der Waals surface area contributed by atoms with E-state index < -0.39 is 0 Å². The first-order valence-corrected chi connectivity index (χ1v) is 6.75. The average molecular weight is 289 g/mol. The summed E-state index contributed by atoms with van der Waals surface area (Å²) < 4.78 is 1.86. The van der Waals surface area contributed by atoms with Crippen LogP contribution in [0.5, 0.6) is 0 Å². The highest BCUT2D eigenvalue weighted by Crippen LogP contribution is 2.28. The molecule has 0 aliphatic heterocycles. The lowest BCUT2D eigenvalue weighted by atomic mass is 10.4. The van der Waals surface area contributed by atoms with Crippen LogP contribution in [-0.4, -0.2) is 23.6 Å². The molecule has 1 heterocycles. The van der Waals surface area contributed by atoms with Crippen molar-refractivity contribution >= 4 is 29.2 Å². The molecule has 1 saturated carbocycles. The van der Waals surface area contributed by atoms with Gasteiger partial charge in [0.05, 0.1) is 11.6 Å². The molecule has 0 spiro atoms. The standard InChI is InChI=1S/C12H18Cl2N4/c1-7-4-10(7)17-12(15-2)16-6-8-5-9(13)11(14)18(8)3/h5,7,10H,4,6H2,1-3H3,(H2,15,16,17). The van der Waals surface area contributed by atoms with Crippen LogP contribution < -0.4 is 10.6 Å². The van der Waals surface area contributed by atoms with E-state index in [1.807, 2.05) is 17.7 Å². The summed E-state index contributed by atoms with van der Waals surface area (Å²) in [4.78, 5) is 4.20. The summed E-state index contributed by atoms with van der Waals surface area (Å²) in [7, 11) is 3.66. The van der Waals surface area contributed by atoms with Gasteiger partial charge in [-0.25, -0.2) is 0 Å². The van der Waals surface area contributed by atoms with Gasteiger partial charge >= 0.3 is 0 Å². The minimum Gasteiger partial charge on any atom is -0.353 e. The van der Waals surface area contributed by atoms with E-state index in [1.165, 1.54) is 6.42 Å². The molecule has 2 rings (SSSR count). The molecule has 1 aliphatic rings.